The van der Waals surface area contributed by atoms with Crippen LogP contribution in [-0.2, 0) is 17.8 Å². The Balaban J connectivity index is 1.92. The van der Waals surface area contributed by atoms with Crippen molar-refractivity contribution in [2.75, 3.05) is 0 Å². The van der Waals surface area contributed by atoms with Gasteiger partial charge >= 0.3 is 5.63 Å². The topological polar surface area (TPSA) is 79.6 Å². The van der Waals surface area contributed by atoms with Gasteiger partial charge < -0.3 is 19.1 Å². The van der Waals surface area contributed by atoms with Crippen LogP contribution >= 0.6 is 0 Å². The molecule has 140 valence electrons. The second kappa shape index (κ2) is 7.61. The summed E-state index contributed by atoms with van der Waals surface area (Å²) in [6, 6.07) is 9.56. The number of benzene rings is 2. The van der Waals surface area contributed by atoms with Gasteiger partial charge in [-0.05, 0) is 62.1 Å². The van der Waals surface area contributed by atoms with E-state index in [0.717, 1.165) is 10.9 Å². The molecule has 0 atom stereocenters. The standard InChI is InChI=1S/C21H19FO5/c1-12-16-7-9-18(26-11-14-3-5-15(22)6-4-14)13(2)20(16)27-21(25)17(12)8-10-19(23)24/h3-7,9H,8,10-11H2,1-2H3,(H,23,24)/p-1. The fourth-order valence-electron chi connectivity index (χ4n) is 2.99. The summed E-state index contributed by atoms with van der Waals surface area (Å²) in [4.78, 5) is 23.0. The van der Waals surface area contributed by atoms with E-state index in [1.807, 2.05) is 0 Å². The Morgan fingerprint density at radius 2 is 1.81 bits per heavy atom. The Hall–Kier alpha value is -3.15. The van der Waals surface area contributed by atoms with Crippen LogP contribution in [0.4, 0.5) is 4.39 Å². The summed E-state index contributed by atoms with van der Waals surface area (Å²) in [5, 5.41) is 11.4. The van der Waals surface area contributed by atoms with E-state index in [-0.39, 0.29) is 25.3 Å². The maximum atomic E-state index is 13.0. The minimum atomic E-state index is -1.21. The molecule has 0 aliphatic heterocycles. The van der Waals surface area contributed by atoms with Crippen LogP contribution in [0.2, 0.25) is 0 Å². The number of aliphatic carboxylic acids is 1. The summed E-state index contributed by atoms with van der Waals surface area (Å²) in [6.45, 7) is 3.80. The van der Waals surface area contributed by atoms with Crippen LogP contribution in [0.15, 0.2) is 45.6 Å². The largest absolute Gasteiger partial charge is 0.550 e. The number of carboxylic acid groups (broad SMARTS) is 1. The first-order valence-corrected chi connectivity index (χ1v) is 8.50. The number of halogens is 1. The van der Waals surface area contributed by atoms with Gasteiger partial charge in [0.05, 0.1) is 0 Å². The molecule has 0 N–H and O–H groups in total. The van der Waals surface area contributed by atoms with E-state index in [1.54, 1.807) is 38.1 Å². The van der Waals surface area contributed by atoms with Crippen molar-refractivity contribution in [3.8, 4) is 5.75 Å². The predicted molar refractivity (Wildman–Crippen MR) is 96.0 cm³/mol. The SMILES string of the molecule is Cc1c(CCC(=O)[O-])c(=O)oc2c(C)c(OCc3ccc(F)cc3)ccc12. The molecular weight excluding hydrogens is 351 g/mol. The van der Waals surface area contributed by atoms with Crippen LogP contribution in [-0.4, -0.2) is 5.97 Å². The Bertz CT molecular complexity index is 1050. The van der Waals surface area contributed by atoms with Crippen molar-refractivity contribution < 1.29 is 23.4 Å². The van der Waals surface area contributed by atoms with Crippen molar-refractivity contribution in [3.63, 3.8) is 0 Å². The molecule has 0 saturated carbocycles. The number of carbonyl (C=O) groups is 1. The lowest BCUT2D eigenvalue weighted by Crippen LogP contribution is -2.24. The van der Waals surface area contributed by atoms with E-state index in [1.165, 1.54) is 12.1 Å². The predicted octanol–water partition coefficient (Wildman–Crippen LogP) is 2.81. The summed E-state index contributed by atoms with van der Waals surface area (Å²) in [5.74, 6) is -0.973. The van der Waals surface area contributed by atoms with E-state index in [9.17, 15) is 19.1 Å². The van der Waals surface area contributed by atoms with Gasteiger partial charge in [0.2, 0.25) is 0 Å². The number of hydrogen-bond donors (Lipinski definition) is 0. The van der Waals surface area contributed by atoms with Crippen LogP contribution < -0.4 is 15.5 Å². The highest BCUT2D eigenvalue weighted by atomic mass is 19.1. The summed E-state index contributed by atoms with van der Waals surface area (Å²) in [6.07, 6.45) is -0.177. The molecule has 2 aromatic carbocycles. The van der Waals surface area contributed by atoms with E-state index in [2.05, 4.69) is 0 Å². The van der Waals surface area contributed by atoms with Gasteiger partial charge in [-0.25, -0.2) is 9.18 Å². The number of aryl methyl sites for hydroxylation is 2. The van der Waals surface area contributed by atoms with Gasteiger partial charge in [-0.2, -0.15) is 0 Å². The van der Waals surface area contributed by atoms with E-state index >= 15 is 0 Å². The molecule has 0 saturated heterocycles. The first-order chi connectivity index (χ1) is 12.9. The normalized spacial score (nSPS) is 10.9. The average molecular weight is 369 g/mol. The second-order valence-electron chi connectivity index (χ2n) is 6.35. The van der Waals surface area contributed by atoms with E-state index in [4.69, 9.17) is 9.15 Å². The lowest BCUT2D eigenvalue weighted by atomic mass is 10.0. The fraction of sp³-hybridized carbons (Fsp3) is 0.238. The first-order valence-electron chi connectivity index (χ1n) is 8.50. The number of hydrogen-bond acceptors (Lipinski definition) is 5. The van der Waals surface area contributed by atoms with Crippen LogP contribution in [0.1, 0.15) is 28.7 Å². The molecule has 0 aliphatic rings. The molecule has 27 heavy (non-hydrogen) atoms. The lowest BCUT2D eigenvalue weighted by Gasteiger charge is -2.13. The van der Waals surface area contributed by atoms with Crippen molar-refractivity contribution >= 4 is 16.9 Å². The van der Waals surface area contributed by atoms with Gasteiger partial charge in [0.15, 0.2) is 0 Å². The maximum Gasteiger partial charge on any atom is 0.339 e. The quantitative estimate of drug-likeness (QED) is 0.624. The fourth-order valence-corrected chi connectivity index (χ4v) is 2.99. The third-order valence-electron chi connectivity index (χ3n) is 4.54. The molecule has 5 nitrogen and oxygen atoms in total. The van der Waals surface area contributed by atoms with Crippen molar-refractivity contribution in [1.29, 1.82) is 0 Å². The Morgan fingerprint density at radius 3 is 2.48 bits per heavy atom. The molecule has 1 aromatic heterocycles. The molecule has 0 bridgehead atoms. The zero-order valence-electron chi connectivity index (χ0n) is 15.0. The van der Waals surface area contributed by atoms with Crippen LogP contribution in [0.5, 0.6) is 5.75 Å². The number of carbonyl (C=O) groups excluding carboxylic acids is 1. The van der Waals surface area contributed by atoms with Gasteiger partial charge in [0.25, 0.3) is 0 Å². The molecule has 3 aromatic rings. The van der Waals surface area contributed by atoms with Gasteiger partial charge in [-0.1, -0.05) is 12.1 Å². The van der Waals surface area contributed by atoms with Gasteiger partial charge in [-0.3, -0.25) is 0 Å². The molecule has 0 unspecified atom stereocenters. The Morgan fingerprint density at radius 1 is 1.11 bits per heavy atom. The van der Waals surface area contributed by atoms with Crippen LogP contribution in [0.3, 0.4) is 0 Å². The molecule has 0 radical (unpaired) electrons. The minimum Gasteiger partial charge on any atom is -0.550 e. The van der Waals surface area contributed by atoms with Crippen LogP contribution in [0.25, 0.3) is 11.0 Å². The van der Waals surface area contributed by atoms with Crippen molar-refractivity contribution in [1.82, 2.24) is 0 Å². The first kappa shape index (κ1) is 18.6. The average Bonchev–Trinajstić information content (AvgIpc) is 2.63. The molecule has 0 aliphatic carbocycles. The molecule has 0 fully saturated rings. The third kappa shape index (κ3) is 4.00. The second-order valence-corrected chi connectivity index (χ2v) is 6.35. The summed E-state index contributed by atoms with van der Waals surface area (Å²) in [7, 11) is 0. The highest BCUT2D eigenvalue weighted by Crippen LogP contribution is 2.30. The zero-order chi connectivity index (χ0) is 19.6. The summed E-state index contributed by atoms with van der Waals surface area (Å²) < 4.78 is 24.2. The number of fused-ring (bicyclic) bond motifs is 1. The monoisotopic (exact) mass is 369 g/mol. The minimum absolute atomic E-state index is 0.0638. The summed E-state index contributed by atoms with van der Waals surface area (Å²) >= 11 is 0. The van der Waals surface area contributed by atoms with Gasteiger partial charge in [-0.15, -0.1) is 0 Å². The molecule has 0 spiro atoms. The summed E-state index contributed by atoms with van der Waals surface area (Å²) in [5.41, 5.74) is 2.36. The van der Waals surface area contributed by atoms with Gasteiger partial charge in [0.1, 0.15) is 23.8 Å². The maximum absolute atomic E-state index is 13.0. The van der Waals surface area contributed by atoms with E-state index in [0.29, 0.717) is 28.0 Å². The van der Waals surface area contributed by atoms with Crippen molar-refractivity contribution in [3.05, 3.63) is 74.9 Å². The zero-order valence-corrected chi connectivity index (χ0v) is 15.0. The molecule has 3 rings (SSSR count). The van der Waals surface area contributed by atoms with Crippen molar-refractivity contribution in [2.45, 2.75) is 33.3 Å². The molecule has 0 amide bonds. The Kier molecular flexibility index (Phi) is 5.26. The van der Waals surface area contributed by atoms with Crippen molar-refractivity contribution in [2.24, 2.45) is 0 Å². The molecule has 1 heterocycles. The number of carboxylic acids is 1. The highest BCUT2D eigenvalue weighted by molar-refractivity contribution is 5.85. The Labute approximate surface area is 155 Å². The van der Waals surface area contributed by atoms with E-state index < -0.39 is 11.6 Å². The van der Waals surface area contributed by atoms with Crippen LogP contribution in [0, 0.1) is 19.7 Å². The van der Waals surface area contributed by atoms with Gasteiger partial charge in [0, 0.05) is 22.5 Å². The third-order valence-corrected chi connectivity index (χ3v) is 4.54. The number of ether oxygens (including phenoxy) is 1. The molecule has 6 heteroatoms. The highest BCUT2D eigenvalue weighted by Gasteiger charge is 2.15. The number of rotatable bonds is 6. The smallest absolute Gasteiger partial charge is 0.339 e. The molecular formula is C21H18FO5-. The lowest BCUT2D eigenvalue weighted by molar-refractivity contribution is -0.305.